The van der Waals surface area contributed by atoms with E-state index in [2.05, 4.69) is 31.8 Å². The molecule has 0 aliphatic carbocycles. The normalized spacial score (nSPS) is 11.3. The number of likely N-dealkylation sites (N-methyl/N-ethyl adjacent to an activating group) is 1. The predicted octanol–water partition coefficient (Wildman–Crippen LogP) is 0.685. The van der Waals surface area contributed by atoms with Gasteiger partial charge in [0.25, 0.3) is 0 Å². The Morgan fingerprint density at radius 3 is 2.05 bits per heavy atom. The average molecular weight is 311 g/mol. The monoisotopic (exact) mass is 311 g/mol. The van der Waals surface area contributed by atoms with Crippen molar-refractivity contribution in [1.82, 2.24) is 0 Å². The van der Waals surface area contributed by atoms with Gasteiger partial charge in [-0.1, -0.05) is 6.58 Å². The number of ether oxygens (including phenoxy) is 1. The van der Waals surface area contributed by atoms with Crippen LogP contribution < -0.4 is 0 Å². The van der Waals surface area contributed by atoms with Gasteiger partial charge in [-0.15, -0.1) is 0 Å². The molecular weight excluding hydrogens is 286 g/mol. The summed E-state index contributed by atoms with van der Waals surface area (Å²) in [4.78, 5) is 11.0. The van der Waals surface area contributed by atoms with Crippen LogP contribution in [0.5, 0.6) is 0 Å². The maximum Gasteiger partial charge on any atom is 0.333 e. The Hall–Kier alpha value is -0.960. The molecule has 0 aromatic carbocycles. The third-order valence-electron chi connectivity index (χ3n) is 2.40. The number of carbonyl (C=O) groups is 1. The number of nitrogens with zero attached hydrogens (tertiary/aromatic N) is 1. The minimum Gasteiger partial charge on any atom is -0.726 e. The van der Waals surface area contributed by atoms with Crippen LogP contribution in [-0.4, -0.2) is 63.8 Å². The van der Waals surface area contributed by atoms with E-state index in [1.165, 1.54) is 6.92 Å². The molecule has 0 saturated carbocycles. The molecule has 8 heteroatoms. The Labute approximate surface area is 121 Å². The van der Waals surface area contributed by atoms with Gasteiger partial charge < -0.3 is 13.8 Å². The van der Waals surface area contributed by atoms with E-state index in [0.717, 1.165) is 17.6 Å². The van der Waals surface area contributed by atoms with Gasteiger partial charge in [0.1, 0.15) is 13.2 Å². The summed E-state index contributed by atoms with van der Waals surface area (Å²) in [5.41, 5.74) is 0.460. The molecule has 0 aliphatic rings. The van der Waals surface area contributed by atoms with Gasteiger partial charge in [0, 0.05) is 5.57 Å². The van der Waals surface area contributed by atoms with E-state index < -0.39 is 10.4 Å². The van der Waals surface area contributed by atoms with Crippen LogP contribution in [0.1, 0.15) is 20.8 Å². The highest BCUT2D eigenvalue weighted by molar-refractivity contribution is 7.80. The standard InChI is InChI=1S/C10H20NO2.C2H6O4S/c1-6-11(4,5)7-8-13-10(12)9(2)3;1-2-6-7(3,4)5/h2,6-8H2,1,3-5H3;2H2,1H3,(H,3,4,5)/q+1;/p-1. The Morgan fingerprint density at radius 2 is 1.80 bits per heavy atom. The van der Waals surface area contributed by atoms with Crippen molar-refractivity contribution in [3.05, 3.63) is 12.2 Å². The van der Waals surface area contributed by atoms with Crippen molar-refractivity contribution in [2.45, 2.75) is 20.8 Å². The quantitative estimate of drug-likeness (QED) is 0.226. The van der Waals surface area contributed by atoms with Crippen molar-refractivity contribution in [2.24, 2.45) is 0 Å². The highest BCUT2D eigenvalue weighted by Gasteiger charge is 2.12. The number of esters is 1. The summed E-state index contributed by atoms with van der Waals surface area (Å²) >= 11 is 0. The van der Waals surface area contributed by atoms with Crippen molar-refractivity contribution < 1.29 is 31.2 Å². The van der Waals surface area contributed by atoms with Gasteiger partial charge in [0.2, 0.25) is 10.4 Å². The van der Waals surface area contributed by atoms with Gasteiger partial charge in [0.05, 0.1) is 27.2 Å². The molecule has 0 bridgehead atoms. The molecule has 120 valence electrons. The molecule has 0 spiro atoms. The second kappa shape index (κ2) is 9.87. The lowest BCUT2D eigenvalue weighted by Gasteiger charge is -2.27. The van der Waals surface area contributed by atoms with Gasteiger partial charge >= 0.3 is 5.97 Å². The van der Waals surface area contributed by atoms with E-state index in [4.69, 9.17) is 4.74 Å². The Balaban J connectivity index is 0. The number of rotatable bonds is 7. The molecule has 0 N–H and O–H groups in total. The smallest absolute Gasteiger partial charge is 0.333 e. The van der Waals surface area contributed by atoms with E-state index in [0.29, 0.717) is 12.2 Å². The molecular formula is C12H25NO6S. The summed E-state index contributed by atoms with van der Waals surface area (Å²) in [6.45, 7) is 11.0. The van der Waals surface area contributed by atoms with E-state index in [-0.39, 0.29) is 12.6 Å². The van der Waals surface area contributed by atoms with Crippen LogP contribution in [0.4, 0.5) is 0 Å². The van der Waals surface area contributed by atoms with Gasteiger partial charge in [-0.2, -0.15) is 0 Å². The van der Waals surface area contributed by atoms with Crippen molar-refractivity contribution in [3.63, 3.8) is 0 Å². The number of carbonyl (C=O) groups excluding carboxylic acids is 1. The maximum atomic E-state index is 11.0. The molecule has 0 aliphatic heterocycles. The van der Waals surface area contributed by atoms with Crippen LogP contribution in [0, 0.1) is 0 Å². The van der Waals surface area contributed by atoms with Crippen molar-refractivity contribution in [3.8, 4) is 0 Å². The summed E-state index contributed by atoms with van der Waals surface area (Å²) < 4.78 is 37.9. The van der Waals surface area contributed by atoms with Crippen LogP contribution in [0.25, 0.3) is 0 Å². The second-order valence-corrected chi connectivity index (χ2v) is 5.76. The van der Waals surface area contributed by atoms with E-state index in [9.17, 15) is 17.8 Å². The Morgan fingerprint density at radius 1 is 1.30 bits per heavy atom. The molecule has 0 amide bonds. The van der Waals surface area contributed by atoms with Crippen molar-refractivity contribution in [2.75, 3.05) is 40.4 Å². The maximum absolute atomic E-state index is 11.0. The second-order valence-electron chi connectivity index (χ2n) is 4.71. The number of quaternary nitrogens is 1. The fourth-order valence-corrected chi connectivity index (χ4v) is 1.10. The van der Waals surface area contributed by atoms with E-state index in [1.807, 2.05) is 0 Å². The lowest BCUT2D eigenvalue weighted by molar-refractivity contribution is -0.888. The molecule has 0 atom stereocenters. The molecule has 0 aromatic rings. The number of hydrogen-bond acceptors (Lipinski definition) is 6. The molecule has 0 unspecified atom stereocenters. The lowest BCUT2D eigenvalue weighted by atomic mass is 10.4. The summed E-state index contributed by atoms with van der Waals surface area (Å²) in [7, 11) is -0.213. The van der Waals surface area contributed by atoms with Crippen LogP contribution in [0.15, 0.2) is 12.2 Å². The molecule has 0 saturated heterocycles. The van der Waals surface area contributed by atoms with E-state index >= 15 is 0 Å². The van der Waals surface area contributed by atoms with Gasteiger partial charge in [-0.25, -0.2) is 13.2 Å². The minimum absolute atomic E-state index is 0.0914. The molecule has 0 aromatic heterocycles. The highest BCUT2D eigenvalue weighted by atomic mass is 32.3. The summed E-state index contributed by atoms with van der Waals surface area (Å²) in [6.07, 6.45) is 0. The fraction of sp³-hybridized carbons (Fsp3) is 0.750. The third kappa shape index (κ3) is 15.1. The predicted molar refractivity (Wildman–Crippen MR) is 74.6 cm³/mol. The first kappa shape index (κ1) is 21.3. The van der Waals surface area contributed by atoms with Gasteiger partial charge in [-0.3, -0.25) is 4.18 Å². The number of hydrogen-bond donors (Lipinski definition) is 0. The zero-order valence-corrected chi connectivity index (χ0v) is 13.7. The zero-order valence-electron chi connectivity index (χ0n) is 12.8. The van der Waals surface area contributed by atoms with Crippen molar-refractivity contribution >= 4 is 16.4 Å². The Kier molecular flexibility index (Phi) is 10.5. The van der Waals surface area contributed by atoms with Crippen molar-refractivity contribution in [1.29, 1.82) is 0 Å². The van der Waals surface area contributed by atoms with Crippen LogP contribution in [0.3, 0.4) is 0 Å². The first-order valence-corrected chi connectivity index (χ1v) is 7.53. The SMILES string of the molecule is C=C(C)C(=O)OCC[N+](C)(C)CC.CCOS(=O)(=O)[O-]. The minimum atomic E-state index is -4.42. The first-order chi connectivity index (χ1) is 8.95. The third-order valence-corrected chi connectivity index (χ3v) is 2.92. The summed E-state index contributed by atoms with van der Waals surface area (Å²) in [5, 5.41) is 0. The van der Waals surface area contributed by atoms with Gasteiger partial charge in [0.15, 0.2) is 0 Å². The highest BCUT2D eigenvalue weighted by Crippen LogP contribution is 1.97. The molecule has 0 fully saturated rings. The lowest BCUT2D eigenvalue weighted by Crippen LogP contribution is -2.42. The average Bonchev–Trinajstić information content (AvgIpc) is 2.27. The fourth-order valence-electron chi connectivity index (χ4n) is 0.811. The molecule has 0 rings (SSSR count). The van der Waals surface area contributed by atoms with E-state index in [1.54, 1.807) is 6.92 Å². The Bertz CT molecular complexity index is 402. The van der Waals surface area contributed by atoms with Crippen LogP contribution in [-0.2, 0) is 24.1 Å². The summed E-state index contributed by atoms with van der Waals surface area (Å²) in [6, 6.07) is 0. The first-order valence-electron chi connectivity index (χ1n) is 6.20. The summed E-state index contributed by atoms with van der Waals surface area (Å²) in [5.74, 6) is -0.295. The topological polar surface area (TPSA) is 92.7 Å². The molecule has 20 heavy (non-hydrogen) atoms. The largest absolute Gasteiger partial charge is 0.726 e. The molecule has 0 radical (unpaired) electrons. The van der Waals surface area contributed by atoms with Gasteiger partial charge in [-0.05, 0) is 20.8 Å². The molecule has 7 nitrogen and oxygen atoms in total. The molecule has 0 heterocycles. The van der Waals surface area contributed by atoms with Crippen LogP contribution in [0.2, 0.25) is 0 Å². The zero-order chi connectivity index (χ0) is 16.4. The van der Waals surface area contributed by atoms with Crippen LogP contribution >= 0.6 is 0 Å².